The van der Waals surface area contributed by atoms with Gasteiger partial charge in [0.2, 0.25) is 11.8 Å². The highest BCUT2D eigenvalue weighted by Gasteiger charge is 2.27. The third-order valence-corrected chi connectivity index (χ3v) is 5.77. The van der Waals surface area contributed by atoms with E-state index in [0.29, 0.717) is 18.7 Å². The predicted molar refractivity (Wildman–Crippen MR) is 126 cm³/mol. The van der Waals surface area contributed by atoms with Crippen molar-refractivity contribution in [1.82, 2.24) is 10.2 Å². The number of nitrogens with one attached hydrogen (secondary N) is 1. The zero-order valence-electron chi connectivity index (χ0n) is 18.8. The Bertz CT molecular complexity index is 813. The molecule has 0 saturated heterocycles. The number of thioether (sulfide) groups is 1. The van der Waals surface area contributed by atoms with Gasteiger partial charge in [-0.3, -0.25) is 9.59 Å². The van der Waals surface area contributed by atoms with Crippen LogP contribution in [0.25, 0.3) is 0 Å². The molecule has 0 unspecified atom stereocenters. The van der Waals surface area contributed by atoms with Crippen LogP contribution in [0.1, 0.15) is 45.2 Å². The second-order valence-electron chi connectivity index (χ2n) is 8.65. The number of benzene rings is 2. The van der Waals surface area contributed by atoms with Gasteiger partial charge in [-0.05, 0) is 58.7 Å². The second-order valence-corrected chi connectivity index (χ2v) is 9.82. The molecule has 2 aromatic carbocycles. The van der Waals surface area contributed by atoms with Gasteiger partial charge in [0.05, 0.1) is 0 Å². The van der Waals surface area contributed by atoms with E-state index in [1.165, 1.54) is 5.56 Å². The average molecular weight is 427 g/mol. The maximum atomic E-state index is 13.1. The van der Waals surface area contributed by atoms with Crippen LogP contribution in [-0.2, 0) is 16.0 Å². The van der Waals surface area contributed by atoms with E-state index >= 15 is 0 Å². The summed E-state index contributed by atoms with van der Waals surface area (Å²) >= 11 is 1.67. The van der Waals surface area contributed by atoms with Crippen molar-refractivity contribution in [3.63, 3.8) is 0 Å². The molecule has 0 saturated carbocycles. The minimum atomic E-state index is -0.509. The van der Waals surface area contributed by atoms with Crippen molar-refractivity contribution >= 4 is 23.6 Å². The van der Waals surface area contributed by atoms with Gasteiger partial charge in [-0.25, -0.2) is 0 Å². The second kappa shape index (κ2) is 11.2. The number of nitrogens with zero attached hydrogens (tertiary/aromatic N) is 1. The molecule has 0 aliphatic rings. The number of hydrogen-bond donors (Lipinski definition) is 1. The third-order valence-electron chi connectivity index (χ3n) is 4.76. The molecule has 0 aromatic heterocycles. The monoisotopic (exact) mass is 426 g/mol. The molecule has 2 amide bonds. The summed E-state index contributed by atoms with van der Waals surface area (Å²) in [6.45, 7) is 10.3. The zero-order valence-corrected chi connectivity index (χ0v) is 19.6. The van der Waals surface area contributed by atoms with Gasteiger partial charge >= 0.3 is 0 Å². The largest absolute Gasteiger partial charge is 0.350 e. The van der Waals surface area contributed by atoms with Gasteiger partial charge in [-0.2, -0.15) is 0 Å². The minimum absolute atomic E-state index is 0.0158. The van der Waals surface area contributed by atoms with E-state index in [-0.39, 0.29) is 17.4 Å². The summed E-state index contributed by atoms with van der Waals surface area (Å²) in [6.07, 6.45) is 1.13. The molecule has 0 fully saturated rings. The van der Waals surface area contributed by atoms with Crippen LogP contribution in [0.15, 0.2) is 59.5 Å². The number of rotatable bonds is 9. The smallest absolute Gasteiger partial charge is 0.242 e. The predicted octanol–water partition coefficient (Wildman–Crippen LogP) is 4.85. The van der Waals surface area contributed by atoms with E-state index in [9.17, 15) is 9.59 Å². The fraction of sp³-hybridized carbons (Fsp3) is 0.440. The Hall–Kier alpha value is -2.27. The van der Waals surface area contributed by atoms with E-state index in [1.807, 2.05) is 45.9 Å². The summed E-state index contributed by atoms with van der Waals surface area (Å²) in [5, 5.41) is 3.00. The lowest BCUT2D eigenvalue weighted by atomic mass is 10.1. The first-order chi connectivity index (χ1) is 14.2. The Labute approximate surface area is 185 Å². The highest BCUT2D eigenvalue weighted by atomic mass is 32.2. The number of carbonyl (C=O) groups is 2. The standard InChI is InChI=1S/C25H34N2O2S/c1-19-11-13-22(14-12-19)30-18-16-23(28)27(17-15-21-9-7-6-8-10-21)20(2)24(29)26-25(3,4)5/h6-14,20H,15-18H2,1-5H3,(H,26,29)/t20-/m0/s1. The third kappa shape index (κ3) is 8.23. The first-order valence-corrected chi connectivity index (χ1v) is 11.5. The molecule has 0 aliphatic heterocycles. The van der Waals surface area contributed by atoms with Crippen LogP contribution >= 0.6 is 11.8 Å². The highest BCUT2D eigenvalue weighted by Crippen LogP contribution is 2.20. The van der Waals surface area contributed by atoms with Crippen LogP contribution in [0, 0.1) is 6.92 Å². The van der Waals surface area contributed by atoms with Crippen molar-refractivity contribution < 1.29 is 9.59 Å². The average Bonchev–Trinajstić information content (AvgIpc) is 2.69. The zero-order chi connectivity index (χ0) is 22.1. The number of aryl methyl sites for hydroxylation is 1. The fourth-order valence-corrected chi connectivity index (χ4v) is 3.92. The van der Waals surface area contributed by atoms with Crippen molar-refractivity contribution in [2.45, 2.75) is 63.9 Å². The lowest BCUT2D eigenvalue weighted by Gasteiger charge is -2.31. The van der Waals surface area contributed by atoms with E-state index in [1.54, 1.807) is 16.7 Å². The van der Waals surface area contributed by atoms with Gasteiger partial charge < -0.3 is 10.2 Å². The molecule has 0 heterocycles. The first-order valence-electron chi connectivity index (χ1n) is 10.5. The maximum absolute atomic E-state index is 13.1. The molecule has 0 bridgehead atoms. The van der Waals surface area contributed by atoms with Gasteiger partial charge in [0.1, 0.15) is 6.04 Å². The molecule has 162 valence electrons. The van der Waals surface area contributed by atoms with Crippen molar-refractivity contribution in [3.05, 3.63) is 65.7 Å². The normalized spacial score (nSPS) is 12.3. The summed E-state index contributed by atoms with van der Waals surface area (Å²) in [6, 6.07) is 17.9. The Morgan fingerprint density at radius 3 is 2.27 bits per heavy atom. The Kier molecular flexibility index (Phi) is 8.97. The molecule has 0 radical (unpaired) electrons. The molecular formula is C25H34N2O2S. The quantitative estimate of drug-likeness (QED) is 0.583. The van der Waals surface area contributed by atoms with Gasteiger partial charge in [0, 0.05) is 29.2 Å². The van der Waals surface area contributed by atoms with Crippen LogP contribution in [-0.4, -0.2) is 40.6 Å². The number of hydrogen-bond acceptors (Lipinski definition) is 3. The van der Waals surface area contributed by atoms with Crippen LogP contribution in [0.5, 0.6) is 0 Å². The van der Waals surface area contributed by atoms with Crippen molar-refractivity contribution in [1.29, 1.82) is 0 Å². The summed E-state index contributed by atoms with van der Waals surface area (Å²) in [4.78, 5) is 28.7. The topological polar surface area (TPSA) is 49.4 Å². The molecule has 2 aromatic rings. The summed E-state index contributed by atoms with van der Waals surface area (Å²) in [5.74, 6) is 0.592. The SMILES string of the molecule is Cc1ccc(SCCC(=O)N(CCc2ccccc2)[C@@H](C)C(=O)NC(C)(C)C)cc1. The Morgan fingerprint density at radius 1 is 1.03 bits per heavy atom. The first kappa shape index (κ1) is 24.0. The van der Waals surface area contributed by atoms with Gasteiger partial charge in [-0.15, -0.1) is 11.8 Å². The summed E-state index contributed by atoms with van der Waals surface area (Å²) < 4.78 is 0. The molecule has 5 heteroatoms. The van der Waals surface area contributed by atoms with Gasteiger partial charge in [0.25, 0.3) is 0 Å². The van der Waals surface area contributed by atoms with E-state index in [0.717, 1.165) is 16.9 Å². The lowest BCUT2D eigenvalue weighted by molar-refractivity contribution is -0.140. The molecule has 2 rings (SSSR count). The van der Waals surface area contributed by atoms with Crippen LogP contribution in [0.2, 0.25) is 0 Å². The molecule has 1 N–H and O–H groups in total. The van der Waals surface area contributed by atoms with Crippen molar-refractivity contribution in [2.24, 2.45) is 0 Å². The molecule has 0 aliphatic carbocycles. The maximum Gasteiger partial charge on any atom is 0.242 e. The Balaban J connectivity index is 2.01. The van der Waals surface area contributed by atoms with Crippen LogP contribution < -0.4 is 5.32 Å². The summed E-state index contributed by atoms with van der Waals surface area (Å²) in [7, 11) is 0. The van der Waals surface area contributed by atoms with E-state index in [2.05, 4.69) is 48.6 Å². The van der Waals surface area contributed by atoms with Crippen LogP contribution in [0.4, 0.5) is 0 Å². The highest BCUT2D eigenvalue weighted by molar-refractivity contribution is 7.99. The molecule has 1 atom stereocenters. The number of carbonyl (C=O) groups excluding carboxylic acids is 2. The Morgan fingerprint density at radius 2 is 1.67 bits per heavy atom. The summed E-state index contributed by atoms with van der Waals surface area (Å²) in [5.41, 5.74) is 2.05. The molecule has 0 spiro atoms. The van der Waals surface area contributed by atoms with Crippen LogP contribution in [0.3, 0.4) is 0 Å². The van der Waals surface area contributed by atoms with E-state index in [4.69, 9.17) is 0 Å². The number of amides is 2. The molecule has 4 nitrogen and oxygen atoms in total. The fourth-order valence-electron chi connectivity index (χ4n) is 3.08. The lowest BCUT2D eigenvalue weighted by Crippen LogP contribution is -2.53. The van der Waals surface area contributed by atoms with Crippen molar-refractivity contribution in [3.8, 4) is 0 Å². The molecule has 30 heavy (non-hydrogen) atoms. The minimum Gasteiger partial charge on any atom is -0.350 e. The van der Waals surface area contributed by atoms with Gasteiger partial charge in [-0.1, -0.05) is 48.0 Å². The van der Waals surface area contributed by atoms with E-state index < -0.39 is 6.04 Å². The molecular weight excluding hydrogens is 392 g/mol. The van der Waals surface area contributed by atoms with Crippen molar-refractivity contribution in [2.75, 3.05) is 12.3 Å². The van der Waals surface area contributed by atoms with Gasteiger partial charge in [0.15, 0.2) is 0 Å².